The molecule has 12 rings (SSSR count). The van der Waals surface area contributed by atoms with Crippen molar-refractivity contribution in [1.29, 1.82) is 47.4 Å². The Balaban J connectivity index is 1.27. The van der Waals surface area contributed by atoms with Crippen molar-refractivity contribution in [1.82, 2.24) is 9.13 Å². The van der Waals surface area contributed by atoms with E-state index in [0.717, 1.165) is 0 Å². The molecule has 11 nitrogen and oxygen atoms in total. The first kappa shape index (κ1) is 55.3. The van der Waals surface area contributed by atoms with E-state index in [2.05, 4.69) is 54.6 Å². The van der Waals surface area contributed by atoms with E-state index >= 15 is 26.3 Å². The van der Waals surface area contributed by atoms with Crippen LogP contribution >= 0.6 is 0 Å². The smallest absolute Gasteiger partial charge is 0.308 e. The van der Waals surface area contributed by atoms with Crippen LogP contribution in [0.2, 0.25) is 0 Å². The fourth-order valence-corrected chi connectivity index (χ4v) is 11.6. The maximum atomic E-state index is 16.1. The minimum atomic E-state index is -5.45. The van der Waals surface area contributed by atoms with Crippen molar-refractivity contribution in [2.24, 2.45) is 0 Å². The van der Waals surface area contributed by atoms with Crippen molar-refractivity contribution >= 4 is 43.6 Å². The van der Waals surface area contributed by atoms with Gasteiger partial charge in [0, 0.05) is 32.7 Å². The molecule has 0 bridgehead atoms. The fourth-order valence-electron chi connectivity index (χ4n) is 11.6. The monoisotopic (exact) mass is 1150 g/mol. The Labute approximate surface area is 495 Å². The first-order valence-electron chi connectivity index (χ1n) is 26.3. The maximum Gasteiger partial charge on any atom is 0.417 e. The third-order valence-corrected chi connectivity index (χ3v) is 15.3. The fraction of sp³-hybridized carbons (Fsp3) is 0.0282. The summed E-state index contributed by atoms with van der Waals surface area (Å²) in [6.45, 7) is 0. The molecular formula is C71H29F6N11. The third kappa shape index (κ3) is 9.49. The first-order valence-corrected chi connectivity index (χ1v) is 26.3. The summed E-state index contributed by atoms with van der Waals surface area (Å²) in [7, 11) is 0. The highest BCUT2D eigenvalue weighted by molar-refractivity contribution is 6.15. The SMILES string of the molecule is N#Cc1cc(C#N)cc(-c2ccc3c(c2)c2cc(-c4cc(C#N)cc(C#N)c4)ccc2n3-c2cc(C#N)cc(-n3c4ccc(-c5cc(C#N)cc(C#N)c5)cc4c4cc(-c5cc(C#N)cc(C#N)c5)ccc43)c2-c2c(C(F)(F)F)cccc2C(F)(F)F)c1. The van der Waals surface area contributed by atoms with Gasteiger partial charge in [0.2, 0.25) is 0 Å². The highest BCUT2D eigenvalue weighted by Gasteiger charge is 2.43. The summed E-state index contributed by atoms with van der Waals surface area (Å²) < 4.78 is 99.4. The average Bonchev–Trinajstić information content (AvgIpc) is 1.48. The van der Waals surface area contributed by atoms with Gasteiger partial charge in [0.15, 0.2) is 0 Å². The molecule has 0 atom stereocenters. The number of nitrogens with zero attached hydrogens (tertiary/aromatic N) is 11. The summed E-state index contributed by atoms with van der Waals surface area (Å²) in [4.78, 5) is 0. The van der Waals surface area contributed by atoms with Crippen LogP contribution < -0.4 is 0 Å². The molecule has 12 aromatic rings. The lowest BCUT2D eigenvalue weighted by Gasteiger charge is -2.25. The Kier molecular flexibility index (Phi) is 13.3. The lowest BCUT2D eigenvalue weighted by atomic mass is 9.89. The number of hydrogen-bond acceptors (Lipinski definition) is 9. The van der Waals surface area contributed by atoms with Crippen LogP contribution in [0.4, 0.5) is 26.3 Å². The molecule has 88 heavy (non-hydrogen) atoms. The number of hydrogen-bond donors (Lipinski definition) is 0. The van der Waals surface area contributed by atoms with Crippen LogP contribution in [0.5, 0.6) is 0 Å². The molecule has 0 aliphatic carbocycles. The zero-order chi connectivity index (χ0) is 61.9. The van der Waals surface area contributed by atoms with Crippen LogP contribution in [-0.2, 0) is 12.4 Å². The van der Waals surface area contributed by atoms with Crippen molar-refractivity contribution in [3.8, 4) is 122 Å². The molecular weight excluding hydrogens is 1120 g/mol. The third-order valence-electron chi connectivity index (χ3n) is 15.3. The van der Waals surface area contributed by atoms with Gasteiger partial charge in [-0.1, -0.05) is 30.3 Å². The van der Waals surface area contributed by atoms with Gasteiger partial charge in [0.1, 0.15) is 0 Å². The molecule has 0 N–H and O–H groups in total. The number of rotatable bonds is 7. The Morgan fingerprint density at radius 3 is 0.693 bits per heavy atom. The number of aromatic nitrogens is 2. The molecule has 0 amide bonds. The number of nitriles is 9. The van der Waals surface area contributed by atoms with Crippen LogP contribution in [-0.4, -0.2) is 9.13 Å². The number of fused-ring (bicyclic) bond motifs is 6. The van der Waals surface area contributed by atoms with Crippen LogP contribution in [0.1, 0.15) is 61.2 Å². The summed E-state index contributed by atoms with van der Waals surface area (Å²) in [6, 6.07) is 60.4. The van der Waals surface area contributed by atoms with Gasteiger partial charge in [-0.25, -0.2) is 0 Å². The van der Waals surface area contributed by atoms with Crippen LogP contribution in [0.15, 0.2) is 176 Å². The molecule has 0 radical (unpaired) electrons. The summed E-state index contributed by atoms with van der Waals surface area (Å²) in [5, 5.41) is 92.4. The Hall–Kier alpha value is -13.2. The van der Waals surface area contributed by atoms with Gasteiger partial charge in [-0.15, -0.1) is 0 Å². The second-order valence-corrected chi connectivity index (χ2v) is 20.4. The minimum Gasteiger partial charge on any atom is -0.308 e. The van der Waals surface area contributed by atoms with Crippen LogP contribution in [0, 0.1) is 102 Å². The van der Waals surface area contributed by atoms with E-state index in [1.807, 2.05) is 0 Å². The zero-order valence-electron chi connectivity index (χ0n) is 44.9. The van der Waals surface area contributed by atoms with E-state index in [1.54, 1.807) is 121 Å². The van der Waals surface area contributed by atoms with E-state index in [0.29, 0.717) is 84.3 Å². The molecule has 0 unspecified atom stereocenters. The van der Waals surface area contributed by atoms with E-state index in [4.69, 9.17) is 0 Å². The normalized spacial score (nSPS) is 11.2. The predicted octanol–water partition coefficient (Wildman–Crippen LogP) is 17.1. The van der Waals surface area contributed by atoms with Gasteiger partial charge in [-0.2, -0.15) is 73.7 Å². The lowest BCUT2D eigenvalue weighted by Crippen LogP contribution is -2.16. The van der Waals surface area contributed by atoms with E-state index in [1.165, 1.54) is 45.5 Å². The maximum absolute atomic E-state index is 16.1. The molecule has 10 aromatic carbocycles. The van der Waals surface area contributed by atoms with Gasteiger partial charge in [0.05, 0.1) is 149 Å². The Morgan fingerprint density at radius 1 is 0.250 bits per heavy atom. The second kappa shape index (κ2) is 21.2. The summed E-state index contributed by atoms with van der Waals surface area (Å²) >= 11 is 0. The molecule has 0 fully saturated rings. The highest BCUT2D eigenvalue weighted by atomic mass is 19.4. The van der Waals surface area contributed by atoms with E-state index in [-0.39, 0.29) is 83.5 Å². The molecule has 0 saturated carbocycles. The topological polar surface area (TPSA) is 224 Å². The van der Waals surface area contributed by atoms with Gasteiger partial charge in [0.25, 0.3) is 0 Å². The second-order valence-electron chi connectivity index (χ2n) is 20.4. The molecule has 0 aliphatic heterocycles. The first-order chi connectivity index (χ1) is 42.4. The van der Waals surface area contributed by atoms with Crippen LogP contribution in [0.3, 0.4) is 0 Å². The van der Waals surface area contributed by atoms with Crippen molar-refractivity contribution in [2.75, 3.05) is 0 Å². The largest absolute Gasteiger partial charge is 0.417 e. The summed E-state index contributed by atoms with van der Waals surface area (Å²) in [5.41, 5.74) is -0.547. The van der Waals surface area contributed by atoms with Crippen molar-refractivity contribution < 1.29 is 26.3 Å². The number of halogens is 6. The Morgan fingerprint density at radius 2 is 0.477 bits per heavy atom. The van der Waals surface area contributed by atoms with E-state index < -0.39 is 34.6 Å². The number of benzene rings is 10. The van der Waals surface area contributed by atoms with Crippen LogP contribution in [0.25, 0.3) is 111 Å². The zero-order valence-corrected chi connectivity index (χ0v) is 44.9. The van der Waals surface area contributed by atoms with Gasteiger partial charge in [-0.05, 0) is 190 Å². The predicted molar refractivity (Wildman–Crippen MR) is 315 cm³/mol. The lowest BCUT2D eigenvalue weighted by molar-refractivity contribution is -0.142. The molecule has 0 saturated heterocycles. The van der Waals surface area contributed by atoms with E-state index in [9.17, 15) is 47.4 Å². The summed E-state index contributed by atoms with van der Waals surface area (Å²) in [5.74, 6) is 0. The van der Waals surface area contributed by atoms with Gasteiger partial charge in [-0.3, -0.25) is 0 Å². The standard InChI is InChI=1S/C71H29F6N11/c72-70(73,74)60-2-1-3-61(71(75,76)77)68(60)69-66(87-62-8-4-48(52-16-39(30-78)12-40(17-52)31-79)26-56(62)57-27-49(5-9-63(57)87)53-18-41(32-80)13-42(19-53)33-81)24-47(38-86)25-67(69)88-64-10-6-50(54-20-43(34-82)14-44(21-54)35-83)28-58(64)59-29-51(7-11-65(59)88)55-22-45(36-84)15-46(23-55)37-85/h1-29H. The molecule has 0 aliphatic rings. The minimum absolute atomic E-state index is 0.152. The van der Waals surface area contributed by atoms with Crippen molar-refractivity contribution in [2.45, 2.75) is 12.4 Å². The molecule has 17 heteroatoms. The number of alkyl halides is 6. The molecule has 2 heterocycles. The summed E-state index contributed by atoms with van der Waals surface area (Å²) in [6.07, 6.45) is -10.9. The Bertz CT molecular complexity index is 4780. The highest BCUT2D eigenvalue weighted by Crippen LogP contribution is 2.51. The molecule has 0 spiro atoms. The molecule has 410 valence electrons. The van der Waals surface area contributed by atoms with Crippen molar-refractivity contribution in [3.05, 3.63) is 237 Å². The molecule has 2 aromatic heterocycles. The van der Waals surface area contributed by atoms with Gasteiger partial charge < -0.3 is 9.13 Å². The quantitative estimate of drug-likeness (QED) is 0.138. The van der Waals surface area contributed by atoms with Crippen molar-refractivity contribution in [3.63, 3.8) is 0 Å². The average molecular weight is 1150 g/mol. The van der Waals surface area contributed by atoms with Gasteiger partial charge >= 0.3 is 12.4 Å².